The monoisotopic (exact) mass is 168 g/mol. The Hall–Kier alpha value is -0.760. The maximum Gasteiger partial charge on any atom is 0.129 e. The second-order valence-corrected chi connectivity index (χ2v) is 2.84. The van der Waals surface area contributed by atoms with Crippen LogP contribution in [0.25, 0.3) is 0 Å². The molecule has 0 bridgehead atoms. The maximum atomic E-state index is 5.39. The fraction of sp³-hybridized carbons (Fsp3) is 0.600. The summed E-state index contributed by atoms with van der Waals surface area (Å²) in [6, 6.07) is 3.81. The smallest absolute Gasteiger partial charge is 0.129 e. The summed E-state index contributed by atoms with van der Waals surface area (Å²) in [6.45, 7) is 3.64. The van der Waals surface area contributed by atoms with Crippen LogP contribution in [-0.4, -0.2) is 6.61 Å². The molecule has 0 aliphatic carbocycles. The van der Waals surface area contributed by atoms with Crippen molar-refractivity contribution in [2.75, 3.05) is 6.61 Å². The molecule has 0 aliphatic heterocycles. The van der Waals surface area contributed by atoms with E-state index in [1.165, 1.54) is 12.8 Å². The topological polar surface area (TPSA) is 22.4 Å². The minimum Gasteiger partial charge on any atom is -0.467 e. The number of hydrogen-bond donors (Lipinski definition) is 0. The lowest BCUT2D eigenvalue weighted by Gasteiger charge is -2.00. The SMILES string of the molecule is CCCCCOCc1ccco1. The molecular weight excluding hydrogens is 152 g/mol. The first-order chi connectivity index (χ1) is 5.93. The highest BCUT2D eigenvalue weighted by Crippen LogP contribution is 2.02. The van der Waals surface area contributed by atoms with Gasteiger partial charge in [-0.05, 0) is 18.6 Å². The number of unbranched alkanes of at least 4 members (excludes halogenated alkanes) is 2. The summed E-state index contributed by atoms with van der Waals surface area (Å²) >= 11 is 0. The van der Waals surface area contributed by atoms with Crippen molar-refractivity contribution < 1.29 is 9.15 Å². The third-order valence-corrected chi connectivity index (χ3v) is 1.72. The average molecular weight is 168 g/mol. The van der Waals surface area contributed by atoms with Gasteiger partial charge in [-0.3, -0.25) is 0 Å². The van der Waals surface area contributed by atoms with Crippen molar-refractivity contribution in [3.8, 4) is 0 Å². The van der Waals surface area contributed by atoms with E-state index in [4.69, 9.17) is 9.15 Å². The molecule has 0 amide bonds. The molecule has 2 nitrogen and oxygen atoms in total. The Morgan fingerprint density at radius 2 is 2.33 bits per heavy atom. The van der Waals surface area contributed by atoms with Gasteiger partial charge in [0.05, 0.1) is 6.26 Å². The lowest BCUT2D eigenvalue weighted by Crippen LogP contribution is -1.93. The van der Waals surface area contributed by atoms with Gasteiger partial charge in [0.2, 0.25) is 0 Å². The summed E-state index contributed by atoms with van der Waals surface area (Å²) < 4.78 is 10.5. The van der Waals surface area contributed by atoms with Crippen LogP contribution < -0.4 is 0 Å². The van der Waals surface area contributed by atoms with Crippen LogP contribution in [0, 0.1) is 0 Å². The van der Waals surface area contributed by atoms with Crippen molar-refractivity contribution in [3.05, 3.63) is 24.2 Å². The van der Waals surface area contributed by atoms with E-state index in [-0.39, 0.29) is 0 Å². The molecule has 0 aromatic carbocycles. The fourth-order valence-corrected chi connectivity index (χ4v) is 1.02. The summed E-state index contributed by atoms with van der Waals surface area (Å²) in [7, 11) is 0. The molecule has 0 radical (unpaired) electrons. The number of hydrogen-bond acceptors (Lipinski definition) is 2. The predicted molar refractivity (Wildman–Crippen MR) is 47.9 cm³/mol. The second kappa shape index (κ2) is 5.84. The van der Waals surface area contributed by atoms with E-state index >= 15 is 0 Å². The van der Waals surface area contributed by atoms with E-state index < -0.39 is 0 Å². The summed E-state index contributed by atoms with van der Waals surface area (Å²) in [5.74, 6) is 0.909. The van der Waals surface area contributed by atoms with Gasteiger partial charge >= 0.3 is 0 Å². The Kier molecular flexibility index (Phi) is 4.54. The molecule has 1 heterocycles. The average Bonchev–Trinajstić information content (AvgIpc) is 2.57. The van der Waals surface area contributed by atoms with Gasteiger partial charge in [0.25, 0.3) is 0 Å². The zero-order valence-electron chi connectivity index (χ0n) is 7.58. The first-order valence-electron chi connectivity index (χ1n) is 4.53. The van der Waals surface area contributed by atoms with Crippen LogP contribution in [0.1, 0.15) is 31.9 Å². The summed E-state index contributed by atoms with van der Waals surface area (Å²) in [4.78, 5) is 0. The summed E-state index contributed by atoms with van der Waals surface area (Å²) in [6.07, 6.45) is 5.31. The molecule has 0 saturated heterocycles. The molecule has 0 spiro atoms. The molecule has 1 aromatic rings. The van der Waals surface area contributed by atoms with Gasteiger partial charge in [-0.2, -0.15) is 0 Å². The molecule has 0 atom stereocenters. The minimum absolute atomic E-state index is 0.608. The van der Waals surface area contributed by atoms with E-state index in [1.807, 2.05) is 12.1 Å². The van der Waals surface area contributed by atoms with Crippen molar-refractivity contribution in [3.63, 3.8) is 0 Å². The molecular formula is C10H16O2. The second-order valence-electron chi connectivity index (χ2n) is 2.84. The Labute approximate surface area is 73.5 Å². The van der Waals surface area contributed by atoms with Crippen LogP contribution in [-0.2, 0) is 11.3 Å². The number of furan rings is 1. The van der Waals surface area contributed by atoms with Crippen molar-refractivity contribution in [2.24, 2.45) is 0 Å². The zero-order valence-corrected chi connectivity index (χ0v) is 7.58. The Morgan fingerprint density at radius 1 is 1.42 bits per heavy atom. The number of rotatable bonds is 6. The molecule has 0 fully saturated rings. The van der Waals surface area contributed by atoms with Crippen LogP contribution in [0.4, 0.5) is 0 Å². The van der Waals surface area contributed by atoms with Gasteiger partial charge in [-0.1, -0.05) is 19.8 Å². The van der Waals surface area contributed by atoms with Crippen molar-refractivity contribution in [2.45, 2.75) is 32.8 Å². The third-order valence-electron chi connectivity index (χ3n) is 1.72. The Morgan fingerprint density at radius 3 is 3.00 bits per heavy atom. The quantitative estimate of drug-likeness (QED) is 0.609. The zero-order chi connectivity index (χ0) is 8.65. The normalized spacial score (nSPS) is 10.4. The van der Waals surface area contributed by atoms with E-state index in [1.54, 1.807) is 6.26 Å². The highest BCUT2D eigenvalue weighted by Gasteiger charge is 1.94. The third kappa shape index (κ3) is 3.58. The van der Waals surface area contributed by atoms with Crippen LogP contribution in [0.3, 0.4) is 0 Å². The van der Waals surface area contributed by atoms with E-state index in [0.29, 0.717) is 6.61 Å². The molecule has 2 heteroatoms. The Bertz CT molecular complexity index is 180. The molecule has 12 heavy (non-hydrogen) atoms. The Balaban J connectivity index is 1.96. The minimum atomic E-state index is 0.608. The molecule has 68 valence electrons. The summed E-state index contributed by atoms with van der Waals surface area (Å²) in [5, 5.41) is 0. The predicted octanol–water partition coefficient (Wildman–Crippen LogP) is 2.99. The van der Waals surface area contributed by atoms with Gasteiger partial charge in [0, 0.05) is 6.61 Å². The molecule has 0 aliphatic rings. The molecule has 0 N–H and O–H groups in total. The lowest BCUT2D eigenvalue weighted by atomic mass is 10.3. The highest BCUT2D eigenvalue weighted by molar-refractivity contribution is 4.95. The van der Waals surface area contributed by atoms with Crippen molar-refractivity contribution >= 4 is 0 Å². The van der Waals surface area contributed by atoms with Gasteiger partial charge < -0.3 is 9.15 Å². The molecule has 0 saturated carbocycles. The van der Waals surface area contributed by atoms with Gasteiger partial charge in [0.15, 0.2) is 0 Å². The first kappa shape index (κ1) is 9.33. The van der Waals surface area contributed by atoms with Crippen LogP contribution >= 0.6 is 0 Å². The standard InChI is InChI=1S/C10H16O2/c1-2-3-4-7-11-9-10-6-5-8-12-10/h5-6,8H,2-4,7,9H2,1H3. The van der Waals surface area contributed by atoms with E-state index in [9.17, 15) is 0 Å². The lowest BCUT2D eigenvalue weighted by molar-refractivity contribution is 0.103. The van der Waals surface area contributed by atoms with Crippen LogP contribution in [0.2, 0.25) is 0 Å². The van der Waals surface area contributed by atoms with Crippen molar-refractivity contribution in [1.29, 1.82) is 0 Å². The molecule has 1 aromatic heterocycles. The summed E-state index contributed by atoms with van der Waals surface area (Å²) in [5.41, 5.74) is 0. The maximum absolute atomic E-state index is 5.39. The van der Waals surface area contributed by atoms with E-state index in [0.717, 1.165) is 18.8 Å². The van der Waals surface area contributed by atoms with Gasteiger partial charge in [-0.15, -0.1) is 0 Å². The van der Waals surface area contributed by atoms with Crippen LogP contribution in [0.5, 0.6) is 0 Å². The molecule has 0 unspecified atom stereocenters. The highest BCUT2D eigenvalue weighted by atomic mass is 16.5. The largest absolute Gasteiger partial charge is 0.467 e. The van der Waals surface area contributed by atoms with Crippen LogP contribution in [0.15, 0.2) is 22.8 Å². The van der Waals surface area contributed by atoms with Gasteiger partial charge in [-0.25, -0.2) is 0 Å². The van der Waals surface area contributed by atoms with Crippen molar-refractivity contribution in [1.82, 2.24) is 0 Å². The molecule has 1 rings (SSSR count). The number of ether oxygens (including phenoxy) is 1. The fourth-order valence-electron chi connectivity index (χ4n) is 1.02. The first-order valence-corrected chi connectivity index (χ1v) is 4.53. The van der Waals surface area contributed by atoms with E-state index in [2.05, 4.69) is 6.92 Å². The van der Waals surface area contributed by atoms with Gasteiger partial charge in [0.1, 0.15) is 12.4 Å².